The van der Waals surface area contributed by atoms with Crippen molar-refractivity contribution in [2.75, 3.05) is 0 Å². The van der Waals surface area contributed by atoms with Gasteiger partial charge in [0.15, 0.2) is 0 Å². The molecule has 4 aromatic rings. The fourth-order valence-electron chi connectivity index (χ4n) is 2.75. The van der Waals surface area contributed by atoms with Gasteiger partial charge in [0.25, 0.3) is 0 Å². The zero-order chi connectivity index (χ0) is 15.6. The first-order valence-corrected chi connectivity index (χ1v) is 7.44. The number of hydrogen-bond donors (Lipinski definition) is 0. The van der Waals surface area contributed by atoms with Crippen molar-refractivity contribution in [2.45, 2.75) is 6.61 Å². The van der Waals surface area contributed by atoms with Gasteiger partial charge in [-0.25, -0.2) is 4.79 Å². The van der Waals surface area contributed by atoms with Crippen LogP contribution < -0.4 is 0 Å². The lowest BCUT2D eigenvalue weighted by Gasteiger charge is -2.06. The summed E-state index contributed by atoms with van der Waals surface area (Å²) >= 11 is 0. The molecule has 0 amide bonds. The number of carbonyl (C=O) groups excluding carboxylic acids is 1. The molecule has 112 valence electrons. The van der Waals surface area contributed by atoms with E-state index in [1.165, 1.54) is 0 Å². The molecule has 0 aliphatic heterocycles. The van der Waals surface area contributed by atoms with Crippen molar-refractivity contribution in [3.05, 3.63) is 83.9 Å². The van der Waals surface area contributed by atoms with E-state index in [1.807, 2.05) is 66.7 Å². The lowest BCUT2D eigenvalue weighted by Crippen LogP contribution is -2.05. The van der Waals surface area contributed by atoms with E-state index < -0.39 is 0 Å². The van der Waals surface area contributed by atoms with Crippen LogP contribution in [0.4, 0.5) is 0 Å². The number of benzene rings is 3. The lowest BCUT2D eigenvalue weighted by atomic mass is 10.1. The van der Waals surface area contributed by atoms with Crippen LogP contribution in [-0.4, -0.2) is 5.97 Å². The Morgan fingerprint density at radius 2 is 1.57 bits per heavy atom. The summed E-state index contributed by atoms with van der Waals surface area (Å²) in [5.74, 6) is -0.342. The second kappa shape index (κ2) is 5.61. The number of carbonyl (C=O) groups is 1. The van der Waals surface area contributed by atoms with E-state index in [4.69, 9.17) is 9.15 Å². The monoisotopic (exact) mass is 302 g/mol. The average Bonchev–Trinajstić information content (AvgIpc) is 2.99. The molecule has 4 rings (SSSR count). The van der Waals surface area contributed by atoms with Crippen molar-refractivity contribution in [1.82, 2.24) is 0 Å². The fraction of sp³-hybridized carbons (Fsp3) is 0.0500. The largest absolute Gasteiger partial charge is 0.457 e. The molecule has 23 heavy (non-hydrogen) atoms. The summed E-state index contributed by atoms with van der Waals surface area (Å²) in [6, 6.07) is 22.8. The molecule has 0 spiro atoms. The van der Waals surface area contributed by atoms with Crippen molar-refractivity contribution in [1.29, 1.82) is 0 Å². The maximum atomic E-state index is 12.5. The minimum absolute atomic E-state index is 0.256. The SMILES string of the molecule is O=C(OCc1ccccc1)c1cccc2oc3ccccc3c12. The van der Waals surface area contributed by atoms with Crippen molar-refractivity contribution < 1.29 is 13.9 Å². The minimum Gasteiger partial charge on any atom is -0.457 e. The van der Waals surface area contributed by atoms with E-state index >= 15 is 0 Å². The van der Waals surface area contributed by atoms with Crippen LogP contribution >= 0.6 is 0 Å². The Bertz CT molecular complexity index is 984. The Kier molecular flexibility index (Phi) is 3.31. The summed E-state index contributed by atoms with van der Waals surface area (Å²) in [4.78, 5) is 12.5. The van der Waals surface area contributed by atoms with E-state index in [-0.39, 0.29) is 12.6 Å². The highest BCUT2D eigenvalue weighted by Gasteiger charge is 2.16. The Balaban J connectivity index is 1.72. The van der Waals surface area contributed by atoms with E-state index in [0.717, 1.165) is 21.9 Å². The lowest BCUT2D eigenvalue weighted by molar-refractivity contribution is 0.0475. The number of esters is 1. The maximum absolute atomic E-state index is 12.5. The summed E-state index contributed by atoms with van der Waals surface area (Å²) in [6.07, 6.45) is 0. The normalized spacial score (nSPS) is 11.0. The Morgan fingerprint density at radius 3 is 2.43 bits per heavy atom. The first-order chi connectivity index (χ1) is 11.3. The highest BCUT2D eigenvalue weighted by atomic mass is 16.5. The second-order valence-electron chi connectivity index (χ2n) is 5.34. The molecule has 3 heteroatoms. The second-order valence-corrected chi connectivity index (χ2v) is 5.34. The quantitative estimate of drug-likeness (QED) is 0.503. The van der Waals surface area contributed by atoms with Crippen LogP contribution in [0.3, 0.4) is 0 Å². The molecule has 0 N–H and O–H groups in total. The predicted molar refractivity (Wildman–Crippen MR) is 89.3 cm³/mol. The minimum atomic E-state index is -0.342. The van der Waals surface area contributed by atoms with Gasteiger partial charge >= 0.3 is 5.97 Å². The van der Waals surface area contributed by atoms with Crippen LogP contribution in [0.2, 0.25) is 0 Å². The van der Waals surface area contributed by atoms with Gasteiger partial charge in [-0.1, -0.05) is 54.6 Å². The molecule has 0 aliphatic carbocycles. The summed E-state index contributed by atoms with van der Waals surface area (Å²) in [5, 5.41) is 1.73. The molecule has 0 saturated heterocycles. The van der Waals surface area contributed by atoms with Crippen LogP contribution in [0.25, 0.3) is 21.9 Å². The summed E-state index contributed by atoms with van der Waals surface area (Å²) < 4.78 is 11.3. The summed E-state index contributed by atoms with van der Waals surface area (Å²) in [7, 11) is 0. The third kappa shape index (κ3) is 2.46. The zero-order valence-electron chi connectivity index (χ0n) is 12.4. The molecular formula is C20H14O3. The predicted octanol–water partition coefficient (Wildman–Crippen LogP) is 4.94. The summed E-state index contributed by atoms with van der Waals surface area (Å²) in [6.45, 7) is 0.256. The van der Waals surface area contributed by atoms with Crippen LogP contribution in [0.1, 0.15) is 15.9 Å². The van der Waals surface area contributed by atoms with Gasteiger partial charge in [0.2, 0.25) is 0 Å². The third-order valence-electron chi connectivity index (χ3n) is 3.84. The van der Waals surface area contributed by atoms with E-state index in [2.05, 4.69) is 0 Å². The van der Waals surface area contributed by atoms with Crippen LogP contribution in [0, 0.1) is 0 Å². The first kappa shape index (κ1) is 13.6. The van der Waals surface area contributed by atoms with Gasteiger partial charge in [0.05, 0.1) is 5.56 Å². The number of para-hydroxylation sites is 1. The van der Waals surface area contributed by atoms with Gasteiger partial charge in [-0.15, -0.1) is 0 Å². The smallest absolute Gasteiger partial charge is 0.339 e. The van der Waals surface area contributed by atoms with Crippen molar-refractivity contribution in [3.63, 3.8) is 0 Å². The Labute approximate surface area is 133 Å². The molecule has 0 bridgehead atoms. The zero-order valence-corrected chi connectivity index (χ0v) is 12.4. The van der Waals surface area contributed by atoms with Gasteiger partial charge in [-0.3, -0.25) is 0 Å². The number of fused-ring (bicyclic) bond motifs is 3. The molecule has 0 fully saturated rings. The van der Waals surface area contributed by atoms with Crippen LogP contribution in [0.15, 0.2) is 77.2 Å². The number of ether oxygens (including phenoxy) is 1. The van der Waals surface area contributed by atoms with E-state index in [1.54, 1.807) is 6.07 Å². The highest BCUT2D eigenvalue weighted by Crippen LogP contribution is 2.31. The van der Waals surface area contributed by atoms with Gasteiger partial charge in [-0.05, 0) is 23.8 Å². The number of furan rings is 1. The number of hydrogen-bond acceptors (Lipinski definition) is 3. The molecule has 3 aromatic carbocycles. The molecule has 0 radical (unpaired) electrons. The van der Waals surface area contributed by atoms with Crippen molar-refractivity contribution >= 4 is 27.9 Å². The highest BCUT2D eigenvalue weighted by molar-refractivity contribution is 6.15. The van der Waals surface area contributed by atoms with Crippen LogP contribution in [-0.2, 0) is 11.3 Å². The Morgan fingerprint density at radius 1 is 0.826 bits per heavy atom. The molecular weight excluding hydrogens is 288 g/mol. The molecule has 1 aromatic heterocycles. The Hall–Kier alpha value is -3.07. The van der Waals surface area contributed by atoms with Gasteiger partial charge in [-0.2, -0.15) is 0 Å². The average molecular weight is 302 g/mol. The molecule has 3 nitrogen and oxygen atoms in total. The van der Waals surface area contributed by atoms with Gasteiger partial charge in [0, 0.05) is 10.8 Å². The number of rotatable bonds is 3. The molecule has 0 atom stereocenters. The summed E-state index contributed by atoms with van der Waals surface area (Å²) in [5.41, 5.74) is 2.96. The first-order valence-electron chi connectivity index (χ1n) is 7.44. The molecule has 0 aliphatic rings. The van der Waals surface area contributed by atoms with Crippen molar-refractivity contribution in [2.24, 2.45) is 0 Å². The standard InChI is InChI=1S/C20H14O3/c21-20(22-13-14-7-2-1-3-8-14)16-10-6-12-18-19(16)15-9-4-5-11-17(15)23-18/h1-12H,13H2. The molecule has 0 saturated carbocycles. The molecule has 0 unspecified atom stereocenters. The van der Waals surface area contributed by atoms with Crippen molar-refractivity contribution in [3.8, 4) is 0 Å². The maximum Gasteiger partial charge on any atom is 0.339 e. The van der Waals surface area contributed by atoms with Gasteiger partial charge < -0.3 is 9.15 Å². The van der Waals surface area contributed by atoms with Crippen LogP contribution in [0.5, 0.6) is 0 Å². The topological polar surface area (TPSA) is 39.4 Å². The molecule has 1 heterocycles. The van der Waals surface area contributed by atoms with E-state index in [9.17, 15) is 4.79 Å². The van der Waals surface area contributed by atoms with E-state index in [0.29, 0.717) is 11.1 Å². The third-order valence-corrected chi connectivity index (χ3v) is 3.84. The fourth-order valence-corrected chi connectivity index (χ4v) is 2.75. The van der Waals surface area contributed by atoms with Gasteiger partial charge in [0.1, 0.15) is 17.8 Å².